The van der Waals surface area contributed by atoms with Crippen LogP contribution in [0.1, 0.15) is 40.7 Å². The minimum Gasteiger partial charge on any atom is -0.489 e. The number of nitrogens with zero attached hydrogens (tertiary/aromatic N) is 5. The second-order valence-corrected chi connectivity index (χ2v) is 8.59. The normalized spacial score (nSPS) is 15.2. The molecule has 0 saturated heterocycles. The lowest BCUT2D eigenvalue weighted by atomic mass is 10.1. The van der Waals surface area contributed by atoms with E-state index >= 15 is 0 Å². The molecule has 0 radical (unpaired) electrons. The molecule has 2 amide bonds. The molecule has 4 aromatic rings. The van der Waals surface area contributed by atoms with Crippen LogP contribution in [-0.4, -0.2) is 57.3 Å². The highest BCUT2D eigenvalue weighted by atomic mass is 16.5. The molecule has 0 fully saturated rings. The predicted molar refractivity (Wildman–Crippen MR) is 130 cm³/mol. The second-order valence-electron chi connectivity index (χ2n) is 8.59. The van der Waals surface area contributed by atoms with E-state index in [-0.39, 0.29) is 18.2 Å². The lowest BCUT2D eigenvalue weighted by molar-refractivity contribution is -0.120. The van der Waals surface area contributed by atoms with Crippen LogP contribution in [0.4, 0.5) is 5.69 Å². The number of rotatable bonds is 7. The molecule has 5 rings (SSSR count). The summed E-state index contributed by atoms with van der Waals surface area (Å²) in [6.07, 6.45) is 2.65. The van der Waals surface area contributed by atoms with Gasteiger partial charge < -0.3 is 19.5 Å². The number of aryl methyl sites for hydroxylation is 1. The highest BCUT2D eigenvalue weighted by Gasteiger charge is 2.32. The maximum Gasteiger partial charge on any atom is 0.274 e. The lowest BCUT2D eigenvalue weighted by Gasteiger charge is -2.20. The van der Waals surface area contributed by atoms with Crippen molar-refractivity contribution in [3.63, 3.8) is 0 Å². The van der Waals surface area contributed by atoms with Crippen molar-refractivity contribution in [3.05, 3.63) is 71.1 Å². The summed E-state index contributed by atoms with van der Waals surface area (Å²) in [5.74, 6) is 0.689. The molecular weight excluding hydrogens is 462 g/mol. The Bertz CT molecular complexity index is 1370. The number of hydrogen-bond donors (Lipinski definition) is 2. The number of hydrogen-bond acceptors (Lipinski definition) is 8. The van der Waals surface area contributed by atoms with Gasteiger partial charge in [0.25, 0.3) is 11.8 Å². The topological polar surface area (TPSA) is 139 Å². The fourth-order valence-electron chi connectivity index (χ4n) is 4.08. The van der Waals surface area contributed by atoms with E-state index in [1.807, 2.05) is 12.1 Å². The molecule has 2 N–H and O–H groups in total. The fraction of sp³-hybridized carbons (Fsp3) is 0.280. The van der Waals surface area contributed by atoms with Gasteiger partial charge in [0.05, 0.1) is 5.69 Å². The van der Waals surface area contributed by atoms with Crippen LogP contribution in [0.2, 0.25) is 0 Å². The predicted octanol–water partition coefficient (Wildman–Crippen LogP) is 2.55. The number of anilines is 1. The minimum atomic E-state index is -0.906. The van der Waals surface area contributed by atoms with E-state index in [2.05, 4.69) is 50.2 Å². The zero-order valence-electron chi connectivity index (χ0n) is 19.9. The van der Waals surface area contributed by atoms with E-state index in [9.17, 15) is 9.59 Å². The Morgan fingerprint density at radius 2 is 1.97 bits per heavy atom. The third-order valence-electron chi connectivity index (χ3n) is 6.01. The molecule has 36 heavy (non-hydrogen) atoms. The molecule has 1 aliphatic heterocycles. The summed E-state index contributed by atoms with van der Waals surface area (Å²) in [4.78, 5) is 27.4. The molecular formula is C25H25N7O4. The summed E-state index contributed by atoms with van der Waals surface area (Å²) >= 11 is 0. The van der Waals surface area contributed by atoms with Gasteiger partial charge in [-0.2, -0.15) is 0 Å². The number of carbonyl (C=O) groups excluding carboxylic acids is 2. The summed E-state index contributed by atoms with van der Waals surface area (Å²) in [5, 5.41) is 20.4. The van der Waals surface area contributed by atoms with Crippen LogP contribution in [-0.2, 0) is 17.6 Å². The Kier molecular flexibility index (Phi) is 6.44. The first kappa shape index (κ1) is 23.2. The average molecular weight is 488 g/mol. The fourth-order valence-corrected chi connectivity index (χ4v) is 4.08. The number of H-pyrrole nitrogens is 1. The zero-order valence-corrected chi connectivity index (χ0v) is 19.9. The van der Waals surface area contributed by atoms with Crippen molar-refractivity contribution in [2.75, 3.05) is 18.6 Å². The molecule has 184 valence electrons. The van der Waals surface area contributed by atoms with Gasteiger partial charge in [0.15, 0.2) is 11.5 Å². The van der Waals surface area contributed by atoms with Gasteiger partial charge in [-0.05, 0) is 46.2 Å². The Labute approximate surface area is 206 Å². The van der Waals surface area contributed by atoms with Gasteiger partial charge in [-0.1, -0.05) is 42.8 Å². The van der Waals surface area contributed by atoms with E-state index in [0.29, 0.717) is 35.0 Å². The first-order chi connectivity index (χ1) is 17.5. The molecule has 0 unspecified atom stereocenters. The van der Waals surface area contributed by atoms with Crippen molar-refractivity contribution in [2.45, 2.75) is 32.2 Å². The van der Waals surface area contributed by atoms with Crippen LogP contribution >= 0.6 is 0 Å². The first-order valence-corrected chi connectivity index (χ1v) is 11.6. The van der Waals surface area contributed by atoms with Crippen LogP contribution in [0.5, 0.6) is 5.75 Å². The maximum atomic E-state index is 13.1. The summed E-state index contributed by atoms with van der Waals surface area (Å²) in [6, 6.07) is 14.2. The number of benzene rings is 2. The number of aromatic amines is 1. The average Bonchev–Trinajstić information content (AvgIpc) is 3.58. The number of likely N-dealkylation sites (N-methyl/N-ethyl adjacent to an activating group) is 1. The van der Waals surface area contributed by atoms with E-state index < -0.39 is 11.9 Å². The van der Waals surface area contributed by atoms with E-state index in [1.54, 1.807) is 31.3 Å². The molecule has 2 aromatic heterocycles. The zero-order chi connectivity index (χ0) is 25.1. The van der Waals surface area contributed by atoms with Crippen LogP contribution in [0.15, 0.2) is 53.1 Å². The van der Waals surface area contributed by atoms with Crippen molar-refractivity contribution < 1.29 is 18.8 Å². The molecule has 0 aliphatic carbocycles. The number of aromatic nitrogens is 5. The number of fused-ring (bicyclic) bond motifs is 1. The Morgan fingerprint density at radius 3 is 2.72 bits per heavy atom. The molecule has 11 heteroatoms. The van der Waals surface area contributed by atoms with E-state index in [0.717, 1.165) is 18.4 Å². The number of nitrogens with one attached hydrogen (secondary N) is 2. The van der Waals surface area contributed by atoms with E-state index in [1.165, 1.54) is 10.5 Å². The summed E-state index contributed by atoms with van der Waals surface area (Å²) in [7, 11) is 1.62. The Hall–Kier alpha value is -4.54. The summed E-state index contributed by atoms with van der Waals surface area (Å²) < 4.78 is 11.2. The lowest BCUT2D eigenvalue weighted by Crippen LogP contribution is -2.49. The molecule has 1 atom stereocenters. The van der Waals surface area contributed by atoms with Crippen LogP contribution in [0.3, 0.4) is 0 Å². The second kappa shape index (κ2) is 9.98. The SMILES string of the molecule is CCCc1ccc(Cc2cc(C(=O)N[C@H]3COc4ccc(-c5nnn[nH]5)cc4N(C)C3=O)no2)cc1. The van der Waals surface area contributed by atoms with E-state index in [4.69, 9.17) is 9.26 Å². The summed E-state index contributed by atoms with van der Waals surface area (Å²) in [5.41, 5.74) is 3.68. The monoisotopic (exact) mass is 487 g/mol. The molecule has 11 nitrogen and oxygen atoms in total. The van der Waals surface area contributed by atoms with Gasteiger partial charge in [0.1, 0.15) is 24.2 Å². The molecule has 0 saturated carbocycles. The van der Waals surface area contributed by atoms with Crippen molar-refractivity contribution in [1.82, 2.24) is 31.1 Å². The van der Waals surface area contributed by atoms with Gasteiger partial charge in [-0.15, -0.1) is 5.10 Å². The Morgan fingerprint density at radius 1 is 1.17 bits per heavy atom. The number of carbonyl (C=O) groups is 2. The van der Waals surface area contributed by atoms with Crippen LogP contribution in [0, 0.1) is 0 Å². The third kappa shape index (κ3) is 4.81. The van der Waals surface area contributed by atoms with Crippen molar-refractivity contribution >= 4 is 17.5 Å². The standard InChI is InChI=1S/C25H25N7O4/c1-3-4-15-5-7-16(8-6-15)11-18-13-19(29-36-18)24(33)26-20-14-35-22-10-9-17(23-27-30-31-28-23)12-21(22)32(2)25(20)34/h5-10,12-13,20H,3-4,11,14H2,1-2H3,(H,26,33)(H,27,28,30,31)/t20-/m0/s1. The number of tetrazole rings is 1. The highest BCUT2D eigenvalue weighted by Crippen LogP contribution is 2.34. The quantitative estimate of drug-likeness (QED) is 0.405. The smallest absolute Gasteiger partial charge is 0.274 e. The molecule has 0 bridgehead atoms. The van der Waals surface area contributed by atoms with Gasteiger partial charge in [0, 0.05) is 25.1 Å². The molecule has 3 heterocycles. The largest absolute Gasteiger partial charge is 0.489 e. The molecule has 2 aromatic carbocycles. The van der Waals surface area contributed by atoms with Gasteiger partial charge >= 0.3 is 0 Å². The first-order valence-electron chi connectivity index (χ1n) is 11.6. The van der Waals surface area contributed by atoms with Crippen LogP contribution in [0.25, 0.3) is 11.4 Å². The molecule has 0 spiro atoms. The third-order valence-corrected chi connectivity index (χ3v) is 6.01. The van der Waals surface area contributed by atoms with Crippen molar-refractivity contribution in [3.8, 4) is 17.1 Å². The van der Waals surface area contributed by atoms with Crippen molar-refractivity contribution in [1.29, 1.82) is 0 Å². The number of ether oxygens (including phenoxy) is 1. The van der Waals surface area contributed by atoms with Gasteiger partial charge in [-0.25, -0.2) is 5.10 Å². The molecule has 1 aliphatic rings. The minimum absolute atomic E-state index is 0.0278. The van der Waals surface area contributed by atoms with Gasteiger partial charge in [0.2, 0.25) is 0 Å². The number of amides is 2. The van der Waals surface area contributed by atoms with Gasteiger partial charge in [-0.3, -0.25) is 9.59 Å². The van der Waals surface area contributed by atoms with Crippen LogP contribution < -0.4 is 15.0 Å². The van der Waals surface area contributed by atoms with Crippen molar-refractivity contribution in [2.24, 2.45) is 0 Å². The Balaban J connectivity index is 1.25. The summed E-state index contributed by atoms with van der Waals surface area (Å²) in [6.45, 7) is 2.12. The highest BCUT2D eigenvalue weighted by molar-refractivity contribution is 6.03. The maximum absolute atomic E-state index is 13.1.